The van der Waals surface area contributed by atoms with Crippen molar-refractivity contribution in [3.05, 3.63) is 29.9 Å². The first-order chi connectivity index (χ1) is 8.36. The molecule has 3 rings (SSSR count). The summed E-state index contributed by atoms with van der Waals surface area (Å²) in [5.74, 6) is 3.18. The monoisotopic (exact) mass is 232 g/mol. The second kappa shape index (κ2) is 4.31. The maximum absolute atomic E-state index is 5.26. The van der Waals surface area contributed by atoms with E-state index in [4.69, 9.17) is 4.52 Å². The van der Waals surface area contributed by atoms with Gasteiger partial charge in [-0.05, 0) is 19.3 Å². The summed E-state index contributed by atoms with van der Waals surface area (Å²) >= 11 is 0. The number of aromatic nitrogens is 4. The highest BCUT2D eigenvalue weighted by Gasteiger charge is 2.28. The Morgan fingerprint density at radius 3 is 3.12 bits per heavy atom. The first-order valence-electron chi connectivity index (χ1n) is 6.19. The predicted molar refractivity (Wildman–Crippen MR) is 61.6 cm³/mol. The van der Waals surface area contributed by atoms with Crippen molar-refractivity contribution in [2.45, 2.75) is 45.1 Å². The molecule has 0 unspecified atom stereocenters. The van der Waals surface area contributed by atoms with Gasteiger partial charge in [-0.2, -0.15) is 4.98 Å². The summed E-state index contributed by atoms with van der Waals surface area (Å²) < 4.78 is 7.34. The van der Waals surface area contributed by atoms with E-state index in [1.807, 2.05) is 12.4 Å². The van der Waals surface area contributed by atoms with Gasteiger partial charge in [0, 0.05) is 24.7 Å². The Kier molecular flexibility index (Phi) is 2.66. The normalized spacial score (nSPS) is 15.4. The van der Waals surface area contributed by atoms with Crippen molar-refractivity contribution < 1.29 is 4.52 Å². The van der Waals surface area contributed by atoms with Crippen LogP contribution in [-0.2, 0) is 13.0 Å². The van der Waals surface area contributed by atoms with Crippen LogP contribution in [0.3, 0.4) is 0 Å². The van der Waals surface area contributed by atoms with E-state index in [0.717, 1.165) is 24.5 Å². The summed E-state index contributed by atoms with van der Waals surface area (Å²) in [6.07, 6.45) is 8.26. The van der Waals surface area contributed by atoms with Crippen LogP contribution in [0.25, 0.3) is 0 Å². The van der Waals surface area contributed by atoms with Crippen LogP contribution in [0.1, 0.15) is 49.6 Å². The molecule has 1 aliphatic carbocycles. The van der Waals surface area contributed by atoms with E-state index in [-0.39, 0.29) is 0 Å². The van der Waals surface area contributed by atoms with E-state index >= 15 is 0 Å². The SMILES string of the molecule is CCCc1nccn1Cc1nc(C2CC2)no1. The first kappa shape index (κ1) is 10.5. The minimum absolute atomic E-state index is 0.547. The van der Waals surface area contributed by atoms with Gasteiger partial charge in [0.05, 0.1) is 0 Å². The molecule has 1 aliphatic rings. The Labute approximate surface area is 99.9 Å². The van der Waals surface area contributed by atoms with E-state index in [1.165, 1.54) is 12.8 Å². The van der Waals surface area contributed by atoms with E-state index in [2.05, 4.69) is 26.6 Å². The molecule has 2 heterocycles. The number of rotatable bonds is 5. The molecule has 17 heavy (non-hydrogen) atoms. The summed E-state index contributed by atoms with van der Waals surface area (Å²) in [4.78, 5) is 8.75. The van der Waals surface area contributed by atoms with E-state index in [1.54, 1.807) is 0 Å². The molecule has 2 aromatic rings. The van der Waals surface area contributed by atoms with Gasteiger partial charge in [-0.3, -0.25) is 0 Å². The lowest BCUT2D eigenvalue weighted by Crippen LogP contribution is -2.04. The lowest BCUT2D eigenvalue weighted by atomic mass is 10.3. The molecule has 0 aromatic carbocycles. The van der Waals surface area contributed by atoms with Crippen LogP contribution in [0.2, 0.25) is 0 Å². The van der Waals surface area contributed by atoms with Crippen LogP contribution in [0.4, 0.5) is 0 Å². The largest absolute Gasteiger partial charge is 0.337 e. The average molecular weight is 232 g/mol. The number of hydrogen-bond donors (Lipinski definition) is 0. The van der Waals surface area contributed by atoms with Crippen molar-refractivity contribution >= 4 is 0 Å². The van der Waals surface area contributed by atoms with Crippen LogP contribution in [0.15, 0.2) is 16.9 Å². The number of aryl methyl sites for hydroxylation is 1. The fourth-order valence-electron chi connectivity index (χ4n) is 1.92. The minimum Gasteiger partial charge on any atom is -0.337 e. The Balaban J connectivity index is 1.73. The Morgan fingerprint density at radius 1 is 1.47 bits per heavy atom. The van der Waals surface area contributed by atoms with E-state index < -0.39 is 0 Å². The fourth-order valence-corrected chi connectivity index (χ4v) is 1.92. The van der Waals surface area contributed by atoms with Gasteiger partial charge >= 0.3 is 0 Å². The van der Waals surface area contributed by atoms with Crippen LogP contribution in [0, 0.1) is 0 Å². The third kappa shape index (κ3) is 2.23. The maximum Gasteiger partial charge on any atom is 0.246 e. The van der Waals surface area contributed by atoms with Crippen LogP contribution >= 0.6 is 0 Å². The van der Waals surface area contributed by atoms with Gasteiger partial charge in [0.15, 0.2) is 5.82 Å². The molecule has 0 aliphatic heterocycles. The Morgan fingerprint density at radius 2 is 2.35 bits per heavy atom. The zero-order valence-electron chi connectivity index (χ0n) is 9.96. The van der Waals surface area contributed by atoms with Gasteiger partial charge in [-0.25, -0.2) is 4.98 Å². The lowest BCUT2D eigenvalue weighted by Gasteiger charge is -2.02. The van der Waals surface area contributed by atoms with E-state index in [9.17, 15) is 0 Å². The van der Waals surface area contributed by atoms with Crippen molar-refractivity contribution in [2.75, 3.05) is 0 Å². The van der Waals surface area contributed by atoms with Crippen LogP contribution in [0.5, 0.6) is 0 Å². The minimum atomic E-state index is 0.547. The highest BCUT2D eigenvalue weighted by molar-refractivity contribution is 5.04. The Hall–Kier alpha value is -1.65. The topological polar surface area (TPSA) is 56.7 Å². The third-order valence-corrected chi connectivity index (χ3v) is 3.01. The molecule has 0 radical (unpaired) electrons. The summed E-state index contributed by atoms with van der Waals surface area (Å²) in [6.45, 7) is 2.78. The molecule has 0 amide bonds. The number of nitrogens with zero attached hydrogens (tertiary/aromatic N) is 4. The third-order valence-electron chi connectivity index (χ3n) is 3.01. The molecular weight excluding hydrogens is 216 g/mol. The number of hydrogen-bond acceptors (Lipinski definition) is 4. The highest BCUT2D eigenvalue weighted by Crippen LogP contribution is 2.38. The van der Waals surface area contributed by atoms with Crippen molar-refractivity contribution in [2.24, 2.45) is 0 Å². The molecule has 0 atom stereocenters. The first-order valence-corrected chi connectivity index (χ1v) is 6.19. The zero-order valence-corrected chi connectivity index (χ0v) is 9.96. The van der Waals surface area contributed by atoms with Gasteiger partial charge < -0.3 is 9.09 Å². The quantitative estimate of drug-likeness (QED) is 0.792. The van der Waals surface area contributed by atoms with Gasteiger partial charge in [-0.15, -0.1) is 0 Å². The van der Waals surface area contributed by atoms with Crippen molar-refractivity contribution in [1.29, 1.82) is 0 Å². The van der Waals surface area contributed by atoms with Gasteiger partial charge in [-0.1, -0.05) is 12.1 Å². The molecule has 0 bridgehead atoms. The second-order valence-corrected chi connectivity index (χ2v) is 4.54. The lowest BCUT2D eigenvalue weighted by molar-refractivity contribution is 0.364. The molecule has 1 saturated carbocycles. The molecule has 0 saturated heterocycles. The predicted octanol–water partition coefficient (Wildman–Crippen LogP) is 2.14. The molecule has 90 valence electrons. The highest BCUT2D eigenvalue weighted by atomic mass is 16.5. The smallest absolute Gasteiger partial charge is 0.246 e. The molecular formula is C12H16N4O. The summed E-state index contributed by atoms with van der Waals surface area (Å²) in [6, 6.07) is 0. The van der Waals surface area contributed by atoms with Crippen LogP contribution < -0.4 is 0 Å². The van der Waals surface area contributed by atoms with Gasteiger partial charge in [0.2, 0.25) is 5.89 Å². The van der Waals surface area contributed by atoms with Crippen molar-refractivity contribution in [1.82, 2.24) is 19.7 Å². The van der Waals surface area contributed by atoms with E-state index in [0.29, 0.717) is 18.4 Å². The summed E-state index contributed by atoms with van der Waals surface area (Å²) in [5.41, 5.74) is 0. The molecule has 2 aromatic heterocycles. The molecule has 5 heteroatoms. The van der Waals surface area contributed by atoms with Crippen LogP contribution in [-0.4, -0.2) is 19.7 Å². The summed E-state index contributed by atoms with van der Waals surface area (Å²) in [5, 5.41) is 4.01. The van der Waals surface area contributed by atoms with Gasteiger partial charge in [0.1, 0.15) is 12.4 Å². The number of imidazole rings is 1. The molecule has 0 spiro atoms. The Bertz CT molecular complexity index is 498. The van der Waals surface area contributed by atoms with Gasteiger partial charge in [0.25, 0.3) is 0 Å². The molecule has 1 fully saturated rings. The molecule has 0 N–H and O–H groups in total. The molecule has 5 nitrogen and oxygen atoms in total. The second-order valence-electron chi connectivity index (χ2n) is 4.54. The zero-order chi connectivity index (χ0) is 11.7. The standard InChI is InChI=1S/C12H16N4O/c1-2-3-10-13-6-7-16(10)8-11-14-12(15-17-11)9-4-5-9/h6-7,9H,2-5,8H2,1H3. The summed E-state index contributed by atoms with van der Waals surface area (Å²) in [7, 11) is 0. The fraction of sp³-hybridized carbons (Fsp3) is 0.583. The average Bonchev–Trinajstić information content (AvgIpc) is 2.93. The van der Waals surface area contributed by atoms with Crippen molar-refractivity contribution in [3.63, 3.8) is 0 Å². The van der Waals surface area contributed by atoms with Crippen molar-refractivity contribution in [3.8, 4) is 0 Å². The maximum atomic E-state index is 5.26.